The molecule has 0 bridgehead atoms. The molecule has 0 saturated carbocycles. The maximum absolute atomic E-state index is 5.68. The van der Waals surface area contributed by atoms with E-state index in [4.69, 9.17) is 10.7 Å². The third kappa shape index (κ3) is 2.00. The molecule has 2 aromatic heterocycles. The molecule has 0 atom stereocenters. The lowest BCUT2D eigenvalue weighted by Crippen LogP contribution is -1.99. The van der Waals surface area contributed by atoms with Crippen molar-refractivity contribution in [1.29, 1.82) is 0 Å². The second-order valence-electron chi connectivity index (χ2n) is 4.42. The summed E-state index contributed by atoms with van der Waals surface area (Å²) in [4.78, 5) is 9.09. The first kappa shape index (κ1) is 11.9. The van der Waals surface area contributed by atoms with Crippen molar-refractivity contribution in [3.63, 3.8) is 0 Å². The second kappa shape index (κ2) is 4.82. The number of aryl methyl sites for hydroxylation is 1. The van der Waals surface area contributed by atoms with E-state index in [1.54, 1.807) is 6.20 Å². The molecule has 0 saturated heterocycles. The van der Waals surface area contributed by atoms with E-state index in [0.717, 1.165) is 34.7 Å². The maximum atomic E-state index is 5.68. The third-order valence-corrected chi connectivity index (χ3v) is 3.26. The summed E-state index contributed by atoms with van der Waals surface area (Å²) >= 11 is 0. The topological polar surface area (TPSA) is 56.7 Å². The summed E-state index contributed by atoms with van der Waals surface area (Å²) in [5.74, 6) is 0.910. The van der Waals surface area contributed by atoms with Gasteiger partial charge < -0.3 is 10.3 Å². The smallest absolute Gasteiger partial charge is 0.159 e. The fraction of sp³-hybridized carbons (Fsp3) is 0.200. The van der Waals surface area contributed by atoms with Crippen LogP contribution in [0.15, 0.2) is 42.6 Å². The van der Waals surface area contributed by atoms with Gasteiger partial charge in [-0.1, -0.05) is 12.1 Å². The fourth-order valence-corrected chi connectivity index (χ4v) is 2.31. The minimum Gasteiger partial charge on any atom is -0.326 e. The van der Waals surface area contributed by atoms with Crippen molar-refractivity contribution in [1.82, 2.24) is 14.5 Å². The van der Waals surface area contributed by atoms with Crippen LogP contribution in [0.25, 0.3) is 22.6 Å². The van der Waals surface area contributed by atoms with Crippen LogP contribution in [-0.2, 0) is 13.1 Å². The van der Waals surface area contributed by atoms with Crippen molar-refractivity contribution in [2.75, 3.05) is 0 Å². The molecule has 4 heteroatoms. The van der Waals surface area contributed by atoms with Gasteiger partial charge in [0, 0.05) is 19.3 Å². The minimum atomic E-state index is 0.536. The first-order valence-electron chi connectivity index (χ1n) is 6.44. The zero-order valence-electron chi connectivity index (χ0n) is 10.9. The van der Waals surface area contributed by atoms with Gasteiger partial charge in [-0.2, -0.15) is 0 Å². The summed E-state index contributed by atoms with van der Waals surface area (Å²) in [5.41, 5.74) is 9.78. The molecule has 0 fully saturated rings. The number of nitrogens with zero attached hydrogens (tertiary/aromatic N) is 3. The van der Waals surface area contributed by atoms with E-state index in [1.165, 1.54) is 0 Å². The maximum Gasteiger partial charge on any atom is 0.159 e. The molecule has 4 nitrogen and oxygen atoms in total. The Morgan fingerprint density at radius 2 is 2.11 bits per heavy atom. The number of aromatic nitrogens is 3. The SMILES string of the molecule is CCn1c(-c2ccccn2)nc2cc(CN)ccc21. The number of pyridine rings is 1. The number of hydrogen-bond acceptors (Lipinski definition) is 3. The van der Waals surface area contributed by atoms with Crippen LogP contribution >= 0.6 is 0 Å². The van der Waals surface area contributed by atoms with E-state index in [0.29, 0.717) is 6.54 Å². The van der Waals surface area contributed by atoms with Crippen molar-refractivity contribution >= 4 is 11.0 Å². The van der Waals surface area contributed by atoms with Crippen LogP contribution in [0.3, 0.4) is 0 Å². The van der Waals surface area contributed by atoms with Crippen molar-refractivity contribution in [3.05, 3.63) is 48.2 Å². The second-order valence-corrected chi connectivity index (χ2v) is 4.42. The molecule has 2 N–H and O–H groups in total. The Kier molecular flexibility index (Phi) is 3.01. The first-order valence-corrected chi connectivity index (χ1v) is 6.44. The molecule has 0 amide bonds. The van der Waals surface area contributed by atoms with E-state index >= 15 is 0 Å². The molecule has 0 unspecified atom stereocenters. The molecule has 96 valence electrons. The molecule has 1 aromatic carbocycles. The zero-order chi connectivity index (χ0) is 13.2. The number of hydrogen-bond donors (Lipinski definition) is 1. The predicted octanol–water partition coefficient (Wildman–Crippen LogP) is 2.58. The monoisotopic (exact) mass is 252 g/mol. The van der Waals surface area contributed by atoms with Crippen LogP contribution < -0.4 is 5.73 Å². The van der Waals surface area contributed by atoms with Crippen molar-refractivity contribution in [2.24, 2.45) is 5.73 Å². The van der Waals surface area contributed by atoms with Gasteiger partial charge in [0.05, 0.1) is 11.0 Å². The first-order chi connectivity index (χ1) is 9.33. The summed E-state index contributed by atoms with van der Waals surface area (Å²) < 4.78 is 2.18. The summed E-state index contributed by atoms with van der Waals surface area (Å²) in [5, 5.41) is 0. The van der Waals surface area contributed by atoms with E-state index < -0.39 is 0 Å². The molecule has 0 radical (unpaired) electrons. The average Bonchev–Trinajstić information content (AvgIpc) is 2.85. The third-order valence-electron chi connectivity index (χ3n) is 3.26. The van der Waals surface area contributed by atoms with Crippen LogP contribution in [0, 0.1) is 0 Å². The highest BCUT2D eigenvalue weighted by molar-refractivity contribution is 5.80. The lowest BCUT2D eigenvalue weighted by molar-refractivity contribution is 0.793. The molecule has 3 aromatic rings. The van der Waals surface area contributed by atoms with Crippen molar-refractivity contribution in [3.8, 4) is 11.5 Å². The van der Waals surface area contributed by atoms with Crippen molar-refractivity contribution in [2.45, 2.75) is 20.0 Å². The molecule has 2 heterocycles. The normalized spacial score (nSPS) is 11.1. The fourth-order valence-electron chi connectivity index (χ4n) is 2.31. The van der Waals surface area contributed by atoms with Gasteiger partial charge in [-0.05, 0) is 36.8 Å². The Hall–Kier alpha value is -2.20. The van der Waals surface area contributed by atoms with Gasteiger partial charge in [-0.3, -0.25) is 4.98 Å². The molecular weight excluding hydrogens is 236 g/mol. The lowest BCUT2D eigenvalue weighted by atomic mass is 10.2. The molecule has 0 spiro atoms. The standard InChI is InChI=1S/C15H16N4/c1-2-19-14-7-6-11(10-16)9-13(14)18-15(19)12-5-3-4-8-17-12/h3-9H,2,10,16H2,1H3. The number of nitrogens with two attached hydrogens (primary N) is 1. The Morgan fingerprint density at radius 3 is 2.79 bits per heavy atom. The van der Waals surface area contributed by atoms with E-state index in [2.05, 4.69) is 28.6 Å². The van der Waals surface area contributed by atoms with E-state index in [-0.39, 0.29) is 0 Å². The minimum absolute atomic E-state index is 0.536. The van der Waals surface area contributed by atoms with Gasteiger partial charge in [0.15, 0.2) is 5.82 Å². The molecule has 19 heavy (non-hydrogen) atoms. The van der Waals surface area contributed by atoms with Gasteiger partial charge in [-0.15, -0.1) is 0 Å². The van der Waals surface area contributed by atoms with Gasteiger partial charge in [0.1, 0.15) is 5.69 Å². The van der Waals surface area contributed by atoms with E-state index in [9.17, 15) is 0 Å². The largest absolute Gasteiger partial charge is 0.326 e. The number of rotatable bonds is 3. The molecule has 0 aliphatic rings. The molecule has 0 aliphatic heterocycles. The quantitative estimate of drug-likeness (QED) is 0.779. The predicted molar refractivity (Wildman–Crippen MR) is 76.5 cm³/mol. The summed E-state index contributed by atoms with van der Waals surface area (Å²) in [6.07, 6.45) is 1.79. The molecule has 0 aliphatic carbocycles. The Balaban J connectivity index is 2.25. The van der Waals surface area contributed by atoms with Crippen LogP contribution in [0.5, 0.6) is 0 Å². The van der Waals surface area contributed by atoms with Gasteiger partial charge >= 0.3 is 0 Å². The number of fused-ring (bicyclic) bond motifs is 1. The van der Waals surface area contributed by atoms with Gasteiger partial charge in [0.25, 0.3) is 0 Å². The lowest BCUT2D eigenvalue weighted by Gasteiger charge is -2.05. The highest BCUT2D eigenvalue weighted by Crippen LogP contribution is 2.24. The molecular formula is C15H16N4. The van der Waals surface area contributed by atoms with Crippen LogP contribution in [0.2, 0.25) is 0 Å². The van der Waals surface area contributed by atoms with Crippen LogP contribution in [-0.4, -0.2) is 14.5 Å². The van der Waals surface area contributed by atoms with Gasteiger partial charge in [0.2, 0.25) is 0 Å². The van der Waals surface area contributed by atoms with Gasteiger partial charge in [-0.25, -0.2) is 4.98 Å². The van der Waals surface area contributed by atoms with E-state index in [1.807, 2.05) is 24.3 Å². The number of benzene rings is 1. The summed E-state index contributed by atoms with van der Waals surface area (Å²) in [7, 11) is 0. The summed E-state index contributed by atoms with van der Waals surface area (Å²) in [6.45, 7) is 3.52. The van der Waals surface area contributed by atoms with Crippen LogP contribution in [0.1, 0.15) is 12.5 Å². The van der Waals surface area contributed by atoms with Crippen LogP contribution in [0.4, 0.5) is 0 Å². The van der Waals surface area contributed by atoms with Crippen molar-refractivity contribution < 1.29 is 0 Å². The Bertz CT molecular complexity index is 701. The Labute approximate surface area is 111 Å². The Morgan fingerprint density at radius 1 is 1.21 bits per heavy atom. The zero-order valence-corrected chi connectivity index (χ0v) is 10.9. The molecule has 3 rings (SSSR count). The number of imidazole rings is 1. The highest BCUT2D eigenvalue weighted by atomic mass is 15.1. The average molecular weight is 252 g/mol. The summed E-state index contributed by atoms with van der Waals surface area (Å²) in [6, 6.07) is 12.1. The highest BCUT2D eigenvalue weighted by Gasteiger charge is 2.12.